The molecule has 0 aliphatic carbocycles. The van der Waals surface area contributed by atoms with Crippen molar-refractivity contribution in [3.63, 3.8) is 0 Å². The lowest BCUT2D eigenvalue weighted by Crippen LogP contribution is -2.36. The second-order valence-corrected chi connectivity index (χ2v) is 6.21. The molecule has 0 unspecified atom stereocenters. The molecular weight excluding hydrogens is 372 g/mol. The van der Waals surface area contributed by atoms with E-state index >= 15 is 0 Å². The molecule has 0 bridgehead atoms. The van der Waals surface area contributed by atoms with Crippen LogP contribution in [0.5, 0.6) is 0 Å². The largest absolute Gasteiger partial charge is 0.349 e. The second-order valence-electron chi connectivity index (χ2n) is 6.21. The Morgan fingerprint density at radius 3 is 2.32 bits per heavy atom. The van der Waals surface area contributed by atoms with Crippen molar-refractivity contribution in [3.05, 3.63) is 90.5 Å². The van der Waals surface area contributed by atoms with Crippen molar-refractivity contribution in [1.82, 2.24) is 4.98 Å². The molecule has 2 aromatic heterocycles. The minimum absolute atomic E-state index is 0. The Labute approximate surface area is 156 Å². The van der Waals surface area contributed by atoms with Crippen LogP contribution in [0.2, 0.25) is 0 Å². The van der Waals surface area contributed by atoms with Gasteiger partial charge in [0.15, 0.2) is 6.54 Å². The van der Waals surface area contributed by atoms with Gasteiger partial charge in [0.25, 0.3) is 0 Å². The van der Waals surface area contributed by atoms with E-state index in [1.54, 1.807) is 0 Å². The highest BCUT2D eigenvalue weighted by Gasteiger charge is 2.20. The van der Waals surface area contributed by atoms with Gasteiger partial charge in [0, 0.05) is 17.0 Å². The number of nitrogens with one attached hydrogen (secondary N) is 1. The number of halogens is 1. The van der Waals surface area contributed by atoms with Gasteiger partial charge in [0.2, 0.25) is 11.0 Å². The first-order valence-corrected chi connectivity index (χ1v) is 8.26. The van der Waals surface area contributed by atoms with Gasteiger partial charge in [-0.05, 0) is 24.3 Å². The maximum atomic E-state index is 3.58. The van der Waals surface area contributed by atoms with Gasteiger partial charge in [0.1, 0.15) is 5.52 Å². The van der Waals surface area contributed by atoms with Gasteiger partial charge < -0.3 is 4.98 Å². The summed E-state index contributed by atoms with van der Waals surface area (Å²) in [5.41, 5.74) is 6.22. The molecule has 3 aromatic carbocycles. The summed E-state index contributed by atoms with van der Waals surface area (Å²) in [6.45, 7) is 0.862. The van der Waals surface area contributed by atoms with E-state index in [2.05, 4.69) is 94.5 Å². The van der Waals surface area contributed by atoms with E-state index < -0.39 is 0 Å². The number of aromatic amines is 1. The van der Waals surface area contributed by atoms with Crippen LogP contribution in [-0.4, -0.2) is 4.98 Å². The Bertz CT molecular complexity index is 1180. The molecule has 25 heavy (non-hydrogen) atoms. The summed E-state index contributed by atoms with van der Waals surface area (Å²) in [6.07, 6.45) is 0. The molecule has 2 nitrogen and oxygen atoms in total. The number of rotatable bonds is 2. The maximum absolute atomic E-state index is 3.58. The average molecular weight is 390 g/mol. The molecule has 5 rings (SSSR count). The number of hydrogen-bond acceptors (Lipinski definition) is 0. The molecule has 2 heterocycles. The Balaban J connectivity index is 0.00000157. The predicted molar refractivity (Wildman–Crippen MR) is 109 cm³/mol. The van der Waals surface area contributed by atoms with Crippen molar-refractivity contribution in [2.45, 2.75) is 6.54 Å². The van der Waals surface area contributed by atoms with Gasteiger partial charge in [-0.2, -0.15) is 4.57 Å². The normalized spacial score (nSPS) is 11.0. The molecule has 1 N–H and O–H groups in total. The summed E-state index contributed by atoms with van der Waals surface area (Å²) < 4.78 is 2.43. The number of nitrogens with zero attached hydrogens (tertiary/aromatic N) is 1. The van der Waals surface area contributed by atoms with Gasteiger partial charge in [0.05, 0.1) is 10.9 Å². The molecule has 0 radical (unpaired) electrons. The molecule has 0 saturated carbocycles. The zero-order chi connectivity index (χ0) is 15.9. The van der Waals surface area contributed by atoms with Crippen LogP contribution in [0, 0.1) is 0 Å². The number of hydrogen-bond donors (Lipinski definition) is 1. The number of H-pyrrole nitrogens is 1. The molecule has 0 aliphatic rings. The summed E-state index contributed by atoms with van der Waals surface area (Å²) in [5.74, 6) is 0. The summed E-state index contributed by atoms with van der Waals surface area (Å²) in [7, 11) is 0. The van der Waals surface area contributed by atoms with Gasteiger partial charge >= 0.3 is 0 Å². The molecular formula is C22H18BrN2+. The molecule has 0 atom stereocenters. The van der Waals surface area contributed by atoms with E-state index in [4.69, 9.17) is 0 Å². The van der Waals surface area contributed by atoms with Crippen LogP contribution in [-0.2, 0) is 6.54 Å². The highest BCUT2D eigenvalue weighted by Crippen LogP contribution is 2.26. The first-order chi connectivity index (χ1) is 11.9. The molecule has 0 saturated heterocycles. The first kappa shape index (κ1) is 15.9. The van der Waals surface area contributed by atoms with Gasteiger partial charge in [-0.15, -0.1) is 17.0 Å². The lowest BCUT2D eigenvalue weighted by atomic mass is 10.1. The second kappa shape index (κ2) is 6.34. The van der Waals surface area contributed by atoms with Crippen LogP contribution < -0.4 is 4.57 Å². The Hall–Kier alpha value is -2.65. The standard InChI is InChI=1S/C22H16N2.BrH/c1-2-8-16(9-3-1)15-24-21-13-7-4-10-17(21)14-20-22(24)18-11-5-6-12-19(18)23-20;/h1-14H,15H2;1H/p+1. The maximum Gasteiger partial charge on any atom is 0.239 e. The van der Waals surface area contributed by atoms with Crippen molar-refractivity contribution in [1.29, 1.82) is 0 Å². The predicted octanol–water partition coefficient (Wildman–Crippen LogP) is 5.39. The Kier molecular flexibility index (Phi) is 4.02. The molecule has 3 heteroatoms. The van der Waals surface area contributed by atoms with E-state index in [0.29, 0.717) is 0 Å². The third kappa shape index (κ3) is 2.61. The van der Waals surface area contributed by atoms with E-state index in [-0.39, 0.29) is 17.0 Å². The number of para-hydroxylation sites is 2. The van der Waals surface area contributed by atoms with Crippen molar-refractivity contribution in [2.75, 3.05) is 0 Å². The number of aromatic nitrogens is 2. The molecule has 0 spiro atoms. The van der Waals surface area contributed by atoms with Crippen molar-refractivity contribution in [3.8, 4) is 0 Å². The van der Waals surface area contributed by atoms with Gasteiger partial charge in [-0.1, -0.05) is 54.6 Å². The molecule has 0 fully saturated rings. The monoisotopic (exact) mass is 389 g/mol. The number of fused-ring (bicyclic) bond motifs is 4. The Morgan fingerprint density at radius 1 is 0.720 bits per heavy atom. The summed E-state index contributed by atoms with van der Waals surface area (Å²) in [4.78, 5) is 3.58. The number of benzene rings is 3. The SMILES string of the molecule is Br.c1ccc(C[n+]2c3ccccc3cc3[nH]c4ccccc4c32)cc1. The van der Waals surface area contributed by atoms with Crippen LogP contribution >= 0.6 is 17.0 Å². The highest BCUT2D eigenvalue weighted by atomic mass is 79.9. The topological polar surface area (TPSA) is 19.7 Å². The zero-order valence-electron chi connectivity index (χ0n) is 13.6. The average Bonchev–Trinajstić information content (AvgIpc) is 3.00. The smallest absolute Gasteiger partial charge is 0.239 e. The zero-order valence-corrected chi connectivity index (χ0v) is 15.4. The molecule has 5 aromatic rings. The minimum Gasteiger partial charge on any atom is -0.349 e. The van der Waals surface area contributed by atoms with Gasteiger partial charge in [-0.3, -0.25) is 0 Å². The first-order valence-electron chi connectivity index (χ1n) is 8.26. The minimum atomic E-state index is 0. The Morgan fingerprint density at radius 2 is 1.44 bits per heavy atom. The lowest BCUT2D eigenvalue weighted by Gasteiger charge is -2.04. The van der Waals surface area contributed by atoms with Crippen molar-refractivity contribution >= 4 is 49.8 Å². The molecule has 0 amide bonds. The van der Waals surface area contributed by atoms with Crippen LogP contribution in [0.1, 0.15) is 5.56 Å². The lowest BCUT2D eigenvalue weighted by molar-refractivity contribution is -0.635. The third-order valence-corrected chi connectivity index (χ3v) is 4.69. The van der Waals surface area contributed by atoms with E-state index in [9.17, 15) is 0 Å². The highest BCUT2D eigenvalue weighted by molar-refractivity contribution is 8.93. The van der Waals surface area contributed by atoms with E-state index in [1.165, 1.54) is 38.4 Å². The van der Waals surface area contributed by atoms with Crippen LogP contribution in [0.25, 0.3) is 32.8 Å². The quantitative estimate of drug-likeness (QED) is 0.390. The fraction of sp³-hybridized carbons (Fsp3) is 0.0455. The van der Waals surface area contributed by atoms with E-state index in [1.807, 2.05) is 0 Å². The van der Waals surface area contributed by atoms with Crippen molar-refractivity contribution < 1.29 is 4.57 Å². The van der Waals surface area contributed by atoms with E-state index in [0.717, 1.165) is 6.54 Å². The fourth-order valence-corrected chi connectivity index (χ4v) is 3.60. The van der Waals surface area contributed by atoms with Crippen LogP contribution in [0.4, 0.5) is 0 Å². The molecule has 122 valence electrons. The fourth-order valence-electron chi connectivity index (χ4n) is 3.60. The van der Waals surface area contributed by atoms with Gasteiger partial charge in [-0.25, -0.2) is 0 Å². The summed E-state index contributed by atoms with van der Waals surface area (Å²) in [6, 6.07) is 30.1. The third-order valence-electron chi connectivity index (χ3n) is 4.69. The van der Waals surface area contributed by atoms with Crippen molar-refractivity contribution in [2.24, 2.45) is 0 Å². The van der Waals surface area contributed by atoms with Crippen LogP contribution in [0.15, 0.2) is 84.9 Å². The van der Waals surface area contributed by atoms with Crippen LogP contribution in [0.3, 0.4) is 0 Å². The summed E-state index contributed by atoms with van der Waals surface area (Å²) >= 11 is 0. The number of pyridine rings is 1. The summed E-state index contributed by atoms with van der Waals surface area (Å²) in [5, 5.41) is 2.53. The molecule has 0 aliphatic heterocycles.